The van der Waals surface area contributed by atoms with Crippen molar-refractivity contribution in [3.05, 3.63) is 47.5 Å². The minimum atomic E-state index is -1.34. The van der Waals surface area contributed by atoms with E-state index >= 15 is 0 Å². The first kappa shape index (κ1) is 14.8. The topological polar surface area (TPSA) is 66.8 Å². The van der Waals surface area contributed by atoms with Crippen molar-refractivity contribution in [2.45, 2.75) is 44.5 Å². The molecule has 0 aliphatic heterocycles. The predicted octanol–water partition coefficient (Wildman–Crippen LogP) is 2.06. The normalized spacial score (nSPS) is 33.5. The van der Waals surface area contributed by atoms with Crippen LogP contribution in [0.15, 0.2) is 42.0 Å². The van der Waals surface area contributed by atoms with Gasteiger partial charge in [-0.05, 0) is 44.6 Å². The summed E-state index contributed by atoms with van der Waals surface area (Å²) in [6.07, 6.45) is 1.19. The SMILES string of the molecule is CC1=C[C@](C)(O)[C@](C)(O)CC1OC(=O)c1ccccc1. The van der Waals surface area contributed by atoms with Crippen LogP contribution in [0.2, 0.25) is 0 Å². The Morgan fingerprint density at radius 3 is 2.45 bits per heavy atom. The molecule has 108 valence electrons. The van der Waals surface area contributed by atoms with E-state index in [0.717, 1.165) is 5.57 Å². The second kappa shape index (κ2) is 5.04. The summed E-state index contributed by atoms with van der Waals surface area (Å²) in [5.74, 6) is -0.430. The maximum atomic E-state index is 12.0. The molecule has 1 unspecified atom stereocenters. The molecule has 4 heteroatoms. The Labute approximate surface area is 118 Å². The van der Waals surface area contributed by atoms with Gasteiger partial charge in [0.25, 0.3) is 0 Å². The van der Waals surface area contributed by atoms with Gasteiger partial charge in [-0.3, -0.25) is 0 Å². The molecular formula is C16H20O4. The summed E-state index contributed by atoms with van der Waals surface area (Å²) in [6.45, 7) is 4.87. The van der Waals surface area contributed by atoms with E-state index in [2.05, 4.69) is 0 Å². The second-order valence-corrected chi connectivity index (χ2v) is 5.77. The van der Waals surface area contributed by atoms with Crippen LogP contribution in [0.25, 0.3) is 0 Å². The fraction of sp³-hybridized carbons (Fsp3) is 0.438. The lowest BCUT2D eigenvalue weighted by Gasteiger charge is -2.43. The van der Waals surface area contributed by atoms with Gasteiger partial charge in [0.15, 0.2) is 0 Å². The van der Waals surface area contributed by atoms with Crippen LogP contribution < -0.4 is 0 Å². The van der Waals surface area contributed by atoms with Crippen molar-refractivity contribution in [2.75, 3.05) is 0 Å². The summed E-state index contributed by atoms with van der Waals surface area (Å²) in [6, 6.07) is 8.71. The zero-order valence-electron chi connectivity index (χ0n) is 12.0. The van der Waals surface area contributed by atoms with Gasteiger partial charge in [0.2, 0.25) is 0 Å². The Morgan fingerprint density at radius 2 is 1.85 bits per heavy atom. The third-order valence-corrected chi connectivity index (χ3v) is 3.95. The van der Waals surface area contributed by atoms with Gasteiger partial charge in [0.05, 0.1) is 11.2 Å². The molecule has 0 fully saturated rings. The first-order valence-corrected chi connectivity index (χ1v) is 6.63. The number of benzene rings is 1. The van der Waals surface area contributed by atoms with Crippen LogP contribution in [0, 0.1) is 0 Å². The third-order valence-electron chi connectivity index (χ3n) is 3.95. The van der Waals surface area contributed by atoms with E-state index in [4.69, 9.17) is 4.74 Å². The Bertz CT molecular complexity index is 529. The number of carbonyl (C=O) groups excluding carboxylic acids is 1. The van der Waals surface area contributed by atoms with Gasteiger partial charge in [0.1, 0.15) is 11.7 Å². The van der Waals surface area contributed by atoms with Crippen LogP contribution in [0.4, 0.5) is 0 Å². The van der Waals surface area contributed by atoms with Gasteiger partial charge in [-0.15, -0.1) is 0 Å². The molecule has 0 aromatic heterocycles. The molecule has 0 heterocycles. The number of aliphatic hydroxyl groups is 2. The maximum absolute atomic E-state index is 12.0. The summed E-state index contributed by atoms with van der Waals surface area (Å²) in [5.41, 5.74) is -1.45. The molecule has 0 radical (unpaired) electrons. The van der Waals surface area contributed by atoms with Gasteiger partial charge in [-0.25, -0.2) is 4.79 Å². The highest BCUT2D eigenvalue weighted by Crippen LogP contribution is 2.36. The van der Waals surface area contributed by atoms with Crippen molar-refractivity contribution in [3.63, 3.8) is 0 Å². The number of esters is 1. The zero-order chi connectivity index (χ0) is 15.0. The Balaban J connectivity index is 2.17. The van der Waals surface area contributed by atoms with E-state index in [1.165, 1.54) is 0 Å². The van der Waals surface area contributed by atoms with Crippen LogP contribution in [0.3, 0.4) is 0 Å². The van der Waals surface area contributed by atoms with E-state index in [-0.39, 0.29) is 6.42 Å². The first-order chi connectivity index (χ1) is 9.23. The number of hydrogen-bond donors (Lipinski definition) is 2. The molecule has 1 aliphatic carbocycles. The lowest BCUT2D eigenvalue weighted by Crippen LogP contribution is -2.54. The zero-order valence-corrected chi connectivity index (χ0v) is 12.0. The molecule has 0 amide bonds. The molecule has 0 bridgehead atoms. The highest BCUT2D eigenvalue weighted by atomic mass is 16.5. The minimum absolute atomic E-state index is 0.168. The van der Waals surface area contributed by atoms with Crippen molar-refractivity contribution in [1.82, 2.24) is 0 Å². The van der Waals surface area contributed by atoms with E-state index in [0.29, 0.717) is 5.56 Å². The summed E-state index contributed by atoms with van der Waals surface area (Å²) >= 11 is 0. The third kappa shape index (κ3) is 2.76. The molecule has 1 aromatic carbocycles. The molecule has 3 atom stereocenters. The number of rotatable bonds is 2. The van der Waals surface area contributed by atoms with Crippen molar-refractivity contribution in [3.8, 4) is 0 Å². The average Bonchev–Trinajstić information content (AvgIpc) is 2.36. The summed E-state index contributed by atoms with van der Waals surface area (Å²) in [4.78, 5) is 12.0. The minimum Gasteiger partial charge on any atom is -0.454 e. The van der Waals surface area contributed by atoms with E-state index in [9.17, 15) is 15.0 Å². The molecular weight excluding hydrogens is 256 g/mol. The Kier molecular flexibility index (Phi) is 3.71. The molecule has 2 rings (SSSR count). The molecule has 0 saturated carbocycles. The molecule has 1 aliphatic rings. The quantitative estimate of drug-likeness (QED) is 0.641. The lowest BCUT2D eigenvalue weighted by molar-refractivity contribution is -0.128. The van der Waals surface area contributed by atoms with Crippen molar-refractivity contribution in [2.24, 2.45) is 0 Å². The molecule has 0 spiro atoms. The highest BCUT2D eigenvalue weighted by molar-refractivity contribution is 5.89. The van der Waals surface area contributed by atoms with E-state index in [1.54, 1.807) is 51.1 Å². The highest BCUT2D eigenvalue weighted by Gasteiger charge is 2.46. The number of hydrogen-bond acceptors (Lipinski definition) is 4. The van der Waals surface area contributed by atoms with Crippen LogP contribution in [-0.2, 0) is 4.74 Å². The van der Waals surface area contributed by atoms with Crippen LogP contribution in [0.5, 0.6) is 0 Å². The number of ether oxygens (including phenoxy) is 1. The summed E-state index contributed by atoms with van der Waals surface area (Å²) < 4.78 is 5.44. The van der Waals surface area contributed by atoms with E-state index < -0.39 is 23.3 Å². The predicted molar refractivity (Wildman–Crippen MR) is 75.3 cm³/mol. The molecule has 20 heavy (non-hydrogen) atoms. The van der Waals surface area contributed by atoms with Crippen molar-refractivity contribution >= 4 is 5.97 Å². The Hall–Kier alpha value is -1.65. The Morgan fingerprint density at radius 1 is 1.25 bits per heavy atom. The largest absolute Gasteiger partial charge is 0.454 e. The second-order valence-electron chi connectivity index (χ2n) is 5.77. The van der Waals surface area contributed by atoms with Crippen LogP contribution >= 0.6 is 0 Å². The van der Waals surface area contributed by atoms with Crippen molar-refractivity contribution < 1.29 is 19.7 Å². The molecule has 1 aromatic rings. The fourth-order valence-electron chi connectivity index (χ4n) is 2.33. The summed E-state index contributed by atoms with van der Waals surface area (Å²) in [5, 5.41) is 20.5. The van der Waals surface area contributed by atoms with Gasteiger partial charge in [-0.1, -0.05) is 18.2 Å². The van der Waals surface area contributed by atoms with Gasteiger partial charge >= 0.3 is 5.97 Å². The van der Waals surface area contributed by atoms with Crippen molar-refractivity contribution in [1.29, 1.82) is 0 Å². The van der Waals surface area contributed by atoms with E-state index in [1.807, 2.05) is 6.07 Å². The number of carbonyl (C=O) groups is 1. The van der Waals surface area contributed by atoms with Gasteiger partial charge < -0.3 is 14.9 Å². The van der Waals surface area contributed by atoms with Gasteiger partial charge in [0, 0.05) is 6.42 Å². The fourth-order valence-corrected chi connectivity index (χ4v) is 2.33. The van der Waals surface area contributed by atoms with Gasteiger partial charge in [-0.2, -0.15) is 0 Å². The molecule has 4 nitrogen and oxygen atoms in total. The monoisotopic (exact) mass is 276 g/mol. The molecule has 0 saturated heterocycles. The maximum Gasteiger partial charge on any atom is 0.338 e. The molecule has 2 N–H and O–H groups in total. The average molecular weight is 276 g/mol. The first-order valence-electron chi connectivity index (χ1n) is 6.63. The van der Waals surface area contributed by atoms with Crippen LogP contribution in [0.1, 0.15) is 37.6 Å². The standard InChI is InChI=1S/C16H20O4/c1-11-9-15(2,18)16(3,19)10-13(11)20-14(17)12-7-5-4-6-8-12/h4-9,13,18-19H,10H2,1-3H3/t13?,15-,16+/m0/s1. The lowest BCUT2D eigenvalue weighted by atomic mass is 9.74. The smallest absolute Gasteiger partial charge is 0.338 e. The van der Waals surface area contributed by atoms with Crippen LogP contribution in [-0.4, -0.2) is 33.5 Å². The summed E-state index contributed by atoms with van der Waals surface area (Å²) in [7, 11) is 0.